The summed E-state index contributed by atoms with van der Waals surface area (Å²) in [4.78, 5) is 11.7. The standard InChI is InChI=1S/C14H22O4S/c15-13-3-1-2-4-14(13)19(16,17)18-9-12-8-10-5-6-11(12)7-10/h10-12,14H,1-9H2. The van der Waals surface area contributed by atoms with Crippen molar-refractivity contribution in [3.63, 3.8) is 0 Å². The van der Waals surface area contributed by atoms with E-state index in [0.717, 1.165) is 25.2 Å². The van der Waals surface area contributed by atoms with Gasteiger partial charge < -0.3 is 0 Å². The Morgan fingerprint density at radius 1 is 1.11 bits per heavy atom. The van der Waals surface area contributed by atoms with Crippen LogP contribution in [0.4, 0.5) is 0 Å². The summed E-state index contributed by atoms with van der Waals surface area (Å²) in [5.74, 6) is 1.69. The van der Waals surface area contributed by atoms with Crippen LogP contribution >= 0.6 is 0 Å². The van der Waals surface area contributed by atoms with E-state index in [4.69, 9.17) is 4.18 Å². The van der Waals surface area contributed by atoms with Crippen LogP contribution in [-0.4, -0.2) is 26.1 Å². The SMILES string of the molecule is O=C1CCCCC1S(=O)(=O)OCC1CC2CCC1C2. The average Bonchev–Trinajstić information content (AvgIpc) is 2.99. The number of carbonyl (C=O) groups excluding carboxylic acids is 1. The van der Waals surface area contributed by atoms with Crippen LogP contribution in [-0.2, 0) is 19.1 Å². The van der Waals surface area contributed by atoms with Crippen molar-refractivity contribution in [2.45, 2.75) is 56.6 Å². The van der Waals surface area contributed by atoms with Gasteiger partial charge in [0.25, 0.3) is 10.1 Å². The first-order valence-corrected chi connectivity index (χ1v) is 8.94. The van der Waals surface area contributed by atoms with Gasteiger partial charge in [-0.15, -0.1) is 0 Å². The smallest absolute Gasteiger partial charge is 0.277 e. The number of hydrogen-bond donors (Lipinski definition) is 0. The van der Waals surface area contributed by atoms with Crippen molar-refractivity contribution in [3.05, 3.63) is 0 Å². The average molecular weight is 286 g/mol. The van der Waals surface area contributed by atoms with Crippen molar-refractivity contribution < 1.29 is 17.4 Å². The third-order valence-corrected chi connectivity index (χ3v) is 6.84. The summed E-state index contributed by atoms with van der Waals surface area (Å²) >= 11 is 0. The molecule has 108 valence electrons. The van der Waals surface area contributed by atoms with Gasteiger partial charge >= 0.3 is 0 Å². The van der Waals surface area contributed by atoms with Gasteiger partial charge in [0.15, 0.2) is 5.78 Å². The molecule has 0 heterocycles. The van der Waals surface area contributed by atoms with Gasteiger partial charge in [-0.3, -0.25) is 8.98 Å². The third kappa shape index (κ3) is 2.72. The van der Waals surface area contributed by atoms with E-state index in [2.05, 4.69) is 0 Å². The first-order chi connectivity index (χ1) is 9.06. The van der Waals surface area contributed by atoms with Crippen LogP contribution in [0.1, 0.15) is 51.4 Å². The molecule has 0 spiro atoms. The lowest BCUT2D eigenvalue weighted by molar-refractivity contribution is -0.120. The molecule has 0 N–H and O–H groups in total. The largest absolute Gasteiger partial charge is 0.298 e. The van der Waals surface area contributed by atoms with Crippen molar-refractivity contribution in [3.8, 4) is 0 Å². The van der Waals surface area contributed by atoms with E-state index in [1.165, 1.54) is 19.3 Å². The maximum absolute atomic E-state index is 12.1. The Hall–Kier alpha value is -0.420. The second kappa shape index (κ2) is 5.17. The molecule has 0 aliphatic heterocycles. The molecule has 3 rings (SSSR count). The van der Waals surface area contributed by atoms with E-state index < -0.39 is 15.4 Å². The normalized spacial score (nSPS) is 38.8. The molecule has 3 aliphatic rings. The van der Waals surface area contributed by atoms with Crippen LogP contribution in [0.15, 0.2) is 0 Å². The highest BCUT2D eigenvalue weighted by Gasteiger charge is 2.41. The van der Waals surface area contributed by atoms with Crippen molar-refractivity contribution in [2.75, 3.05) is 6.61 Å². The molecule has 19 heavy (non-hydrogen) atoms. The molecule has 0 saturated heterocycles. The van der Waals surface area contributed by atoms with Gasteiger partial charge in [-0.2, -0.15) is 8.42 Å². The Morgan fingerprint density at radius 3 is 2.58 bits per heavy atom. The molecule has 5 heteroatoms. The highest BCUT2D eigenvalue weighted by atomic mass is 32.2. The first-order valence-electron chi connectivity index (χ1n) is 7.47. The number of fused-ring (bicyclic) bond motifs is 2. The first kappa shape index (κ1) is 13.6. The fourth-order valence-electron chi connectivity index (χ4n) is 4.10. The quantitative estimate of drug-likeness (QED) is 0.744. The molecule has 3 aliphatic carbocycles. The predicted octanol–water partition coefficient (Wildman–Crippen LogP) is 2.28. The summed E-state index contributed by atoms with van der Waals surface area (Å²) in [5, 5.41) is -0.889. The molecule has 4 unspecified atom stereocenters. The summed E-state index contributed by atoms with van der Waals surface area (Å²) in [7, 11) is -3.69. The predicted molar refractivity (Wildman–Crippen MR) is 71.1 cm³/mol. The van der Waals surface area contributed by atoms with Gasteiger partial charge in [0.05, 0.1) is 6.61 Å². The zero-order chi connectivity index (χ0) is 13.5. The Morgan fingerprint density at radius 2 is 1.95 bits per heavy atom. The molecule has 0 aromatic rings. The molecule has 0 amide bonds. The highest BCUT2D eigenvalue weighted by Crippen LogP contribution is 2.48. The van der Waals surface area contributed by atoms with Crippen LogP contribution in [0.3, 0.4) is 0 Å². The molecule has 4 atom stereocenters. The Balaban J connectivity index is 1.57. The minimum absolute atomic E-state index is 0.154. The van der Waals surface area contributed by atoms with E-state index in [0.29, 0.717) is 31.3 Å². The molecule has 0 aromatic carbocycles. The maximum Gasteiger partial charge on any atom is 0.277 e. The monoisotopic (exact) mass is 286 g/mol. The van der Waals surface area contributed by atoms with Crippen LogP contribution in [0.5, 0.6) is 0 Å². The van der Waals surface area contributed by atoms with Crippen LogP contribution in [0.2, 0.25) is 0 Å². The number of ketones is 1. The summed E-state index contributed by atoms with van der Waals surface area (Å²) in [6, 6.07) is 0. The van der Waals surface area contributed by atoms with Gasteiger partial charge in [0, 0.05) is 6.42 Å². The molecule has 3 saturated carbocycles. The summed E-state index contributed by atoms with van der Waals surface area (Å²) < 4.78 is 29.5. The maximum atomic E-state index is 12.1. The van der Waals surface area contributed by atoms with Gasteiger partial charge in [-0.05, 0) is 49.9 Å². The minimum Gasteiger partial charge on any atom is -0.298 e. The number of carbonyl (C=O) groups is 1. The summed E-state index contributed by atoms with van der Waals surface area (Å²) in [6.45, 7) is 0.299. The molecular formula is C14H22O4S. The molecule has 0 radical (unpaired) electrons. The van der Waals surface area contributed by atoms with Crippen molar-refractivity contribution in [1.82, 2.24) is 0 Å². The second-order valence-corrected chi connectivity index (χ2v) is 8.20. The van der Waals surface area contributed by atoms with E-state index in [1.807, 2.05) is 0 Å². The zero-order valence-corrected chi connectivity index (χ0v) is 12.0. The number of rotatable bonds is 4. The minimum atomic E-state index is -3.69. The van der Waals surface area contributed by atoms with Crippen molar-refractivity contribution >= 4 is 15.9 Å². The van der Waals surface area contributed by atoms with Gasteiger partial charge in [0.2, 0.25) is 0 Å². The van der Waals surface area contributed by atoms with Crippen molar-refractivity contribution in [1.29, 1.82) is 0 Å². The molecule has 4 nitrogen and oxygen atoms in total. The molecule has 2 bridgehead atoms. The lowest BCUT2D eigenvalue weighted by Crippen LogP contribution is -2.35. The summed E-state index contributed by atoms with van der Waals surface area (Å²) in [6.07, 6.45) is 7.34. The molecule has 0 aromatic heterocycles. The number of Topliss-reactive ketones (excluding diaryl/α,β-unsaturated/α-hetero) is 1. The third-order valence-electron chi connectivity index (χ3n) is 5.18. The summed E-state index contributed by atoms with van der Waals surface area (Å²) in [5.41, 5.74) is 0. The topological polar surface area (TPSA) is 60.4 Å². The van der Waals surface area contributed by atoms with E-state index in [-0.39, 0.29) is 5.78 Å². The lowest BCUT2D eigenvalue weighted by Gasteiger charge is -2.24. The fourth-order valence-corrected chi connectivity index (χ4v) is 5.53. The Bertz CT molecular complexity index is 456. The van der Waals surface area contributed by atoms with E-state index in [1.54, 1.807) is 0 Å². The van der Waals surface area contributed by atoms with Crippen LogP contribution in [0.25, 0.3) is 0 Å². The van der Waals surface area contributed by atoms with Gasteiger partial charge in [0.1, 0.15) is 5.25 Å². The fraction of sp³-hybridized carbons (Fsp3) is 0.929. The lowest BCUT2D eigenvalue weighted by atomic mass is 9.90. The second-order valence-electron chi connectivity index (χ2n) is 6.41. The van der Waals surface area contributed by atoms with Gasteiger partial charge in [-0.1, -0.05) is 12.8 Å². The van der Waals surface area contributed by atoms with Crippen LogP contribution in [0, 0.1) is 17.8 Å². The highest BCUT2D eigenvalue weighted by molar-refractivity contribution is 7.88. The molecule has 3 fully saturated rings. The zero-order valence-electron chi connectivity index (χ0n) is 11.2. The van der Waals surface area contributed by atoms with E-state index >= 15 is 0 Å². The van der Waals surface area contributed by atoms with Gasteiger partial charge in [-0.25, -0.2) is 0 Å². The Kier molecular flexibility index (Phi) is 3.69. The van der Waals surface area contributed by atoms with E-state index in [9.17, 15) is 13.2 Å². The molecular weight excluding hydrogens is 264 g/mol. The Labute approximate surface area is 115 Å². The van der Waals surface area contributed by atoms with Crippen molar-refractivity contribution in [2.24, 2.45) is 17.8 Å². The van der Waals surface area contributed by atoms with Crippen LogP contribution < -0.4 is 0 Å². The number of hydrogen-bond acceptors (Lipinski definition) is 4.